The van der Waals surface area contributed by atoms with Gasteiger partial charge in [-0.3, -0.25) is 0 Å². The summed E-state index contributed by atoms with van der Waals surface area (Å²) in [5.74, 6) is 0.549. The molecule has 0 saturated carbocycles. The van der Waals surface area contributed by atoms with Crippen molar-refractivity contribution in [1.82, 2.24) is 0 Å². The number of allylic oxidation sites excluding steroid dienone is 5. The first-order valence-electron chi connectivity index (χ1n) is 5.76. The Bertz CT molecular complexity index is 446. The zero-order valence-corrected chi connectivity index (χ0v) is 10.0. The maximum atomic E-state index is 3.99. The lowest BCUT2D eigenvalue weighted by atomic mass is 9.97. The van der Waals surface area contributed by atoms with E-state index in [1.165, 1.54) is 22.3 Å². The number of hydrogen-bond acceptors (Lipinski definition) is 0. The van der Waals surface area contributed by atoms with Gasteiger partial charge in [0.25, 0.3) is 0 Å². The van der Waals surface area contributed by atoms with E-state index in [4.69, 9.17) is 0 Å². The van der Waals surface area contributed by atoms with E-state index in [0.717, 1.165) is 6.42 Å². The Morgan fingerprint density at radius 3 is 2.56 bits per heavy atom. The Labute approximate surface area is 98.0 Å². The lowest BCUT2D eigenvalue weighted by Crippen LogP contribution is -1.94. The minimum absolute atomic E-state index is 0.549. The topological polar surface area (TPSA) is 0 Å². The fourth-order valence-electron chi connectivity index (χ4n) is 2.15. The normalized spacial score (nSPS) is 19.2. The molecule has 0 saturated heterocycles. The highest BCUT2D eigenvalue weighted by molar-refractivity contribution is 5.78. The second-order valence-electron chi connectivity index (χ2n) is 4.64. The molecule has 0 N–H and O–H groups in total. The van der Waals surface area contributed by atoms with Crippen LogP contribution in [0.5, 0.6) is 0 Å². The van der Waals surface area contributed by atoms with Gasteiger partial charge in [-0.2, -0.15) is 0 Å². The van der Waals surface area contributed by atoms with E-state index in [9.17, 15) is 0 Å². The van der Waals surface area contributed by atoms with Gasteiger partial charge < -0.3 is 0 Å². The minimum atomic E-state index is 0.549. The Morgan fingerprint density at radius 2 is 1.94 bits per heavy atom. The molecule has 0 amide bonds. The van der Waals surface area contributed by atoms with E-state index in [1.54, 1.807) is 0 Å². The van der Waals surface area contributed by atoms with Gasteiger partial charge in [-0.05, 0) is 31.4 Å². The van der Waals surface area contributed by atoms with Crippen LogP contribution in [-0.4, -0.2) is 0 Å². The molecule has 1 unspecified atom stereocenters. The number of rotatable bonds is 3. The third-order valence-electron chi connectivity index (χ3n) is 3.02. The van der Waals surface area contributed by atoms with Crippen LogP contribution in [0.1, 0.15) is 25.8 Å². The number of benzene rings is 1. The van der Waals surface area contributed by atoms with Crippen LogP contribution in [0.2, 0.25) is 0 Å². The lowest BCUT2D eigenvalue weighted by Gasteiger charge is -2.08. The summed E-state index contributed by atoms with van der Waals surface area (Å²) in [6.07, 6.45) is 5.72. The van der Waals surface area contributed by atoms with E-state index in [2.05, 4.69) is 62.9 Å². The smallest absolute Gasteiger partial charge is 0.00235 e. The van der Waals surface area contributed by atoms with E-state index in [0.29, 0.717) is 5.92 Å². The molecule has 0 heteroatoms. The Balaban J connectivity index is 2.23. The van der Waals surface area contributed by atoms with Crippen LogP contribution in [0.3, 0.4) is 0 Å². The third kappa shape index (κ3) is 2.33. The van der Waals surface area contributed by atoms with Crippen molar-refractivity contribution in [3.8, 4) is 0 Å². The molecular formula is C16H18. The molecule has 1 aromatic carbocycles. The van der Waals surface area contributed by atoms with Crippen molar-refractivity contribution in [2.75, 3.05) is 0 Å². The van der Waals surface area contributed by atoms with Crippen LogP contribution < -0.4 is 0 Å². The van der Waals surface area contributed by atoms with Crippen LogP contribution >= 0.6 is 0 Å². The molecule has 0 heterocycles. The fourth-order valence-corrected chi connectivity index (χ4v) is 2.15. The van der Waals surface area contributed by atoms with E-state index < -0.39 is 0 Å². The molecule has 0 aromatic heterocycles. The Kier molecular flexibility index (Phi) is 3.09. The molecule has 1 aliphatic carbocycles. The zero-order valence-electron chi connectivity index (χ0n) is 10.0. The Hall–Kier alpha value is -1.56. The first-order valence-corrected chi connectivity index (χ1v) is 5.76. The van der Waals surface area contributed by atoms with Crippen molar-refractivity contribution < 1.29 is 0 Å². The van der Waals surface area contributed by atoms with Crippen molar-refractivity contribution in [3.05, 3.63) is 65.8 Å². The summed E-state index contributed by atoms with van der Waals surface area (Å²) in [5.41, 5.74) is 5.36. The average molecular weight is 210 g/mol. The van der Waals surface area contributed by atoms with Gasteiger partial charge in [0.1, 0.15) is 0 Å². The zero-order chi connectivity index (χ0) is 11.5. The van der Waals surface area contributed by atoms with Gasteiger partial charge >= 0.3 is 0 Å². The first-order chi connectivity index (χ1) is 7.66. The Morgan fingerprint density at radius 1 is 1.25 bits per heavy atom. The average Bonchev–Trinajstić information content (AvgIpc) is 2.61. The van der Waals surface area contributed by atoms with Gasteiger partial charge in [-0.25, -0.2) is 0 Å². The molecule has 0 fully saturated rings. The van der Waals surface area contributed by atoms with Crippen molar-refractivity contribution in [2.45, 2.75) is 20.3 Å². The summed E-state index contributed by atoms with van der Waals surface area (Å²) in [7, 11) is 0. The van der Waals surface area contributed by atoms with E-state index in [-0.39, 0.29) is 0 Å². The highest BCUT2D eigenvalue weighted by atomic mass is 14.2. The van der Waals surface area contributed by atoms with Gasteiger partial charge in [0.2, 0.25) is 0 Å². The van der Waals surface area contributed by atoms with Crippen LogP contribution in [-0.2, 0) is 0 Å². The highest BCUT2D eigenvalue weighted by Gasteiger charge is 2.16. The summed E-state index contributed by atoms with van der Waals surface area (Å²) < 4.78 is 0. The van der Waals surface area contributed by atoms with Gasteiger partial charge in [0.05, 0.1) is 0 Å². The molecule has 1 atom stereocenters. The largest absolute Gasteiger partial charge is 0.100 e. The molecule has 1 aromatic rings. The second-order valence-corrected chi connectivity index (χ2v) is 4.64. The van der Waals surface area contributed by atoms with Crippen LogP contribution in [0.4, 0.5) is 0 Å². The van der Waals surface area contributed by atoms with E-state index in [1.807, 2.05) is 0 Å². The monoisotopic (exact) mass is 210 g/mol. The molecule has 0 nitrogen and oxygen atoms in total. The van der Waals surface area contributed by atoms with Gasteiger partial charge in [-0.1, -0.05) is 53.6 Å². The quantitative estimate of drug-likeness (QED) is 0.639. The van der Waals surface area contributed by atoms with E-state index >= 15 is 0 Å². The van der Waals surface area contributed by atoms with Crippen molar-refractivity contribution in [2.24, 2.45) is 5.92 Å². The highest BCUT2D eigenvalue weighted by Crippen LogP contribution is 2.33. The van der Waals surface area contributed by atoms with Gasteiger partial charge in [-0.15, -0.1) is 6.58 Å². The first kappa shape index (κ1) is 10.9. The predicted octanol–water partition coefficient (Wildman–Crippen LogP) is 4.61. The fraction of sp³-hybridized carbons (Fsp3) is 0.250. The van der Waals surface area contributed by atoms with Gasteiger partial charge in [0, 0.05) is 5.92 Å². The van der Waals surface area contributed by atoms with Crippen molar-refractivity contribution in [1.29, 1.82) is 0 Å². The third-order valence-corrected chi connectivity index (χ3v) is 3.02. The van der Waals surface area contributed by atoms with Gasteiger partial charge in [0.15, 0.2) is 0 Å². The molecule has 0 bridgehead atoms. The van der Waals surface area contributed by atoms with Crippen LogP contribution in [0.25, 0.3) is 5.57 Å². The van der Waals surface area contributed by atoms with Crippen molar-refractivity contribution >= 4 is 5.57 Å². The van der Waals surface area contributed by atoms with Crippen LogP contribution in [0, 0.1) is 5.92 Å². The standard InChI is InChI=1S/C16H18/c1-12(2)9-15-11-16(10-13(15)3)14-7-5-4-6-8-14/h4-8,10-11,15H,1,9H2,2-3H3. The molecule has 0 spiro atoms. The summed E-state index contributed by atoms with van der Waals surface area (Å²) in [6, 6.07) is 10.6. The predicted molar refractivity (Wildman–Crippen MR) is 71.1 cm³/mol. The molecule has 16 heavy (non-hydrogen) atoms. The summed E-state index contributed by atoms with van der Waals surface area (Å²) in [6.45, 7) is 8.30. The maximum Gasteiger partial charge on any atom is 0.00235 e. The number of hydrogen-bond donors (Lipinski definition) is 0. The second kappa shape index (κ2) is 4.52. The lowest BCUT2D eigenvalue weighted by molar-refractivity contribution is 0.760. The SMILES string of the molecule is C=C(C)CC1C=C(c2ccccc2)C=C1C. The molecule has 2 rings (SSSR count). The molecule has 82 valence electrons. The molecule has 0 radical (unpaired) electrons. The maximum absolute atomic E-state index is 3.99. The summed E-state index contributed by atoms with van der Waals surface area (Å²) in [5, 5.41) is 0. The molecular weight excluding hydrogens is 192 g/mol. The molecule has 1 aliphatic rings. The molecule has 0 aliphatic heterocycles. The minimum Gasteiger partial charge on any atom is -0.100 e. The summed E-state index contributed by atoms with van der Waals surface area (Å²) >= 11 is 0. The summed E-state index contributed by atoms with van der Waals surface area (Å²) in [4.78, 5) is 0. The van der Waals surface area contributed by atoms with Crippen molar-refractivity contribution in [3.63, 3.8) is 0 Å². The van der Waals surface area contributed by atoms with Crippen LogP contribution in [0.15, 0.2) is 60.2 Å².